The number of nitroso groups, excluding NO2 is 1. The first-order valence-corrected chi connectivity index (χ1v) is 10.5. The molecule has 0 aromatic heterocycles. The molecule has 1 rings (SSSR count). The Bertz CT molecular complexity index is 918. The van der Waals surface area contributed by atoms with E-state index in [4.69, 9.17) is 33.2 Å². The Balaban J connectivity index is 3.72. The van der Waals surface area contributed by atoms with Crippen LogP contribution in [0.4, 0.5) is 0 Å². The Morgan fingerprint density at radius 3 is 1.81 bits per heavy atom. The van der Waals surface area contributed by atoms with Gasteiger partial charge in [-0.15, -0.1) is 4.91 Å². The molecule has 200 valence electrons. The number of ether oxygens (including phenoxy) is 7. The van der Waals surface area contributed by atoms with Gasteiger partial charge in [0.15, 0.2) is 6.10 Å². The van der Waals surface area contributed by atoms with Gasteiger partial charge >= 0.3 is 35.8 Å². The van der Waals surface area contributed by atoms with E-state index in [1.807, 2.05) is 0 Å². The molecule has 1 aliphatic rings. The summed E-state index contributed by atoms with van der Waals surface area (Å²) in [5, 5.41) is 2.86. The molecule has 0 amide bonds. The fourth-order valence-electron chi connectivity index (χ4n) is 2.92. The van der Waals surface area contributed by atoms with Crippen LogP contribution in [0, 0.1) is 4.91 Å². The number of carbonyl (C=O) groups excluding carboxylic acids is 6. The van der Waals surface area contributed by atoms with Crippen molar-refractivity contribution in [3.8, 4) is 0 Å². The molecule has 0 spiro atoms. The summed E-state index contributed by atoms with van der Waals surface area (Å²) in [5.41, 5.74) is -1.90. The molecule has 0 saturated carbocycles. The van der Waals surface area contributed by atoms with E-state index in [0.717, 1.165) is 34.6 Å². The van der Waals surface area contributed by atoms with Crippen molar-refractivity contribution in [3.05, 3.63) is 16.4 Å². The predicted octanol–water partition coefficient (Wildman–Crippen LogP) is 0.567. The third-order valence-corrected chi connectivity index (χ3v) is 4.29. The van der Waals surface area contributed by atoms with Crippen LogP contribution in [-0.2, 0) is 61.9 Å². The smallest absolute Gasteiger partial charge is 0.380 e. The van der Waals surface area contributed by atoms with Gasteiger partial charge in [0, 0.05) is 47.5 Å². The summed E-state index contributed by atoms with van der Waals surface area (Å²) < 4.78 is 35.3. The van der Waals surface area contributed by atoms with Gasteiger partial charge in [-0.05, 0) is 5.18 Å². The predicted molar refractivity (Wildman–Crippen MR) is 113 cm³/mol. The summed E-state index contributed by atoms with van der Waals surface area (Å²) in [6, 6.07) is 0. The normalized spacial score (nSPS) is 16.7. The lowest BCUT2D eigenvalue weighted by Crippen LogP contribution is -2.43. The van der Waals surface area contributed by atoms with E-state index >= 15 is 0 Å². The third kappa shape index (κ3) is 9.77. The van der Waals surface area contributed by atoms with Crippen LogP contribution in [0.2, 0.25) is 0 Å². The van der Waals surface area contributed by atoms with Gasteiger partial charge in [0.05, 0.1) is 13.2 Å². The number of nitrogens with zero attached hydrogens (tertiary/aromatic N) is 1. The zero-order valence-corrected chi connectivity index (χ0v) is 20.4. The van der Waals surface area contributed by atoms with E-state index in [1.165, 1.54) is 0 Å². The molecule has 1 heterocycles. The Labute approximate surface area is 205 Å². The van der Waals surface area contributed by atoms with Crippen molar-refractivity contribution >= 4 is 35.8 Å². The highest BCUT2D eigenvalue weighted by Crippen LogP contribution is 2.30. The average Bonchev–Trinajstić information content (AvgIpc) is 2.77. The standard InChI is InChI=1S/C21H27NO14/c1-11(23)31-10-16(32-12(2)24)17(33-13(3)25)18(34-14(4)26)19(35-15(5)27)20(28)36-21(22-29)6-8-30-9-7-21/h16-17H,6-10H2,1-5H3. The third-order valence-electron chi connectivity index (χ3n) is 4.29. The molecule has 36 heavy (non-hydrogen) atoms. The molecular weight excluding hydrogens is 490 g/mol. The molecule has 0 aromatic carbocycles. The zero-order valence-electron chi connectivity index (χ0n) is 20.4. The maximum absolute atomic E-state index is 13.1. The lowest BCUT2D eigenvalue weighted by molar-refractivity contribution is -0.177. The number of rotatable bonds is 11. The van der Waals surface area contributed by atoms with Crippen LogP contribution in [0.25, 0.3) is 0 Å². The number of hydrogen-bond acceptors (Lipinski definition) is 15. The summed E-state index contributed by atoms with van der Waals surface area (Å²) in [4.78, 5) is 83.3. The van der Waals surface area contributed by atoms with Crippen LogP contribution < -0.4 is 0 Å². The van der Waals surface area contributed by atoms with E-state index in [2.05, 4.69) is 5.18 Å². The molecule has 2 atom stereocenters. The number of esters is 6. The highest BCUT2D eigenvalue weighted by atomic mass is 16.6. The van der Waals surface area contributed by atoms with E-state index in [1.54, 1.807) is 0 Å². The molecule has 1 fully saturated rings. The van der Waals surface area contributed by atoms with E-state index < -0.39 is 71.9 Å². The van der Waals surface area contributed by atoms with E-state index in [-0.39, 0.29) is 26.1 Å². The Morgan fingerprint density at radius 2 is 1.36 bits per heavy atom. The van der Waals surface area contributed by atoms with Crippen LogP contribution in [0.3, 0.4) is 0 Å². The molecule has 15 heteroatoms. The molecule has 0 N–H and O–H groups in total. The minimum absolute atomic E-state index is 0.0232. The molecule has 0 bridgehead atoms. The fourth-order valence-corrected chi connectivity index (χ4v) is 2.92. The topological polar surface area (TPSA) is 196 Å². The molecule has 0 aliphatic carbocycles. The fraction of sp³-hybridized carbons (Fsp3) is 0.619. The Morgan fingerprint density at radius 1 is 0.806 bits per heavy atom. The summed E-state index contributed by atoms with van der Waals surface area (Å²) in [6.07, 6.45) is -3.89. The quantitative estimate of drug-likeness (QED) is 0.121. The van der Waals surface area contributed by atoms with Gasteiger partial charge < -0.3 is 33.2 Å². The van der Waals surface area contributed by atoms with Crippen molar-refractivity contribution in [2.45, 2.75) is 65.4 Å². The van der Waals surface area contributed by atoms with Crippen molar-refractivity contribution < 1.29 is 61.9 Å². The minimum atomic E-state index is -1.95. The number of carbonyl (C=O) groups is 6. The average molecular weight is 517 g/mol. The largest absolute Gasteiger partial charge is 0.462 e. The number of hydrogen-bond donors (Lipinski definition) is 0. The molecule has 2 unspecified atom stereocenters. The molecule has 1 aliphatic heterocycles. The van der Waals surface area contributed by atoms with Crippen LogP contribution >= 0.6 is 0 Å². The first kappa shape index (κ1) is 30.2. The minimum Gasteiger partial charge on any atom is -0.462 e. The lowest BCUT2D eigenvalue weighted by Gasteiger charge is -2.31. The van der Waals surface area contributed by atoms with Crippen LogP contribution in [0.15, 0.2) is 16.7 Å². The summed E-state index contributed by atoms with van der Waals surface area (Å²) >= 11 is 0. The first-order chi connectivity index (χ1) is 16.8. The second kappa shape index (κ2) is 13.9. The van der Waals surface area contributed by atoms with Gasteiger partial charge in [0.1, 0.15) is 6.61 Å². The van der Waals surface area contributed by atoms with Crippen molar-refractivity contribution in [2.24, 2.45) is 5.18 Å². The second-order valence-corrected chi connectivity index (χ2v) is 7.40. The van der Waals surface area contributed by atoms with E-state index in [0.29, 0.717) is 0 Å². The van der Waals surface area contributed by atoms with Crippen molar-refractivity contribution in [1.29, 1.82) is 0 Å². The molecule has 0 radical (unpaired) electrons. The lowest BCUT2D eigenvalue weighted by atomic mass is 10.1. The summed E-state index contributed by atoms with van der Waals surface area (Å²) in [6.45, 7) is 4.07. The van der Waals surface area contributed by atoms with Gasteiger partial charge in [-0.25, -0.2) is 4.79 Å². The molecule has 0 aromatic rings. The van der Waals surface area contributed by atoms with Gasteiger partial charge in [-0.2, -0.15) is 0 Å². The Kier molecular flexibility index (Phi) is 11.6. The van der Waals surface area contributed by atoms with Crippen LogP contribution in [0.1, 0.15) is 47.5 Å². The van der Waals surface area contributed by atoms with Crippen molar-refractivity contribution in [3.63, 3.8) is 0 Å². The SMILES string of the molecule is CC(=O)OCC(OC(C)=O)C(OC(C)=O)C(OC(C)=O)=C(OC(C)=O)C(=O)OC1(N=O)CCOCC1. The summed E-state index contributed by atoms with van der Waals surface area (Å²) in [7, 11) is 0. The van der Waals surface area contributed by atoms with Gasteiger partial charge in [0.25, 0.3) is 5.76 Å². The van der Waals surface area contributed by atoms with E-state index in [9.17, 15) is 33.7 Å². The summed E-state index contributed by atoms with van der Waals surface area (Å²) in [5.74, 6) is -8.47. The first-order valence-electron chi connectivity index (χ1n) is 10.5. The van der Waals surface area contributed by atoms with Crippen molar-refractivity contribution in [2.75, 3.05) is 19.8 Å². The van der Waals surface area contributed by atoms with Gasteiger partial charge in [-0.1, -0.05) is 0 Å². The van der Waals surface area contributed by atoms with Crippen LogP contribution in [0.5, 0.6) is 0 Å². The van der Waals surface area contributed by atoms with Gasteiger partial charge in [-0.3, -0.25) is 24.0 Å². The highest BCUT2D eigenvalue weighted by Gasteiger charge is 2.44. The maximum Gasteiger partial charge on any atom is 0.380 e. The molecular formula is C21H27NO14. The second-order valence-electron chi connectivity index (χ2n) is 7.40. The zero-order chi connectivity index (χ0) is 27.5. The van der Waals surface area contributed by atoms with Crippen LogP contribution in [-0.4, -0.2) is 73.6 Å². The highest BCUT2D eigenvalue weighted by molar-refractivity contribution is 5.91. The monoisotopic (exact) mass is 517 g/mol. The molecule has 1 saturated heterocycles. The van der Waals surface area contributed by atoms with Crippen molar-refractivity contribution in [1.82, 2.24) is 0 Å². The Hall–Kier alpha value is -3.88. The maximum atomic E-state index is 13.1. The van der Waals surface area contributed by atoms with Gasteiger partial charge in [0.2, 0.25) is 17.6 Å². The molecule has 15 nitrogen and oxygen atoms in total.